The van der Waals surface area contributed by atoms with E-state index >= 15 is 0 Å². The van der Waals surface area contributed by atoms with E-state index in [0.717, 1.165) is 12.2 Å². The Hall–Kier alpha value is -0.830. The number of hydrogen-bond donors (Lipinski definition) is 1. The molecule has 1 aromatic rings. The third-order valence-corrected chi connectivity index (χ3v) is 1.22. The Bertz CT molecular complexity index is 180. The van der Waals surface area contributed by atoms with Crippen molar-refractivity contribution in [3.05, 3.63) is 25.3 Å². The second kappa shape index (κ2) is 2.64. The predicted molar refractivity (Wildman–Crippen MR) is 35.4 cm³/mol. The first-order valence-electron chi connectivity index (χ1n) is 2.79. The average Bonchev–Trinajstić information content (AvgIpc) is 2.18. The van der Waals surface area contributed by atoms with E-state index in [4.69, 9.17) is 0 Å². The summed E-state index contributed by atoms with van der Waals surface area (Å²) in [6.45, 7) is 0.774. The number of nitrogens with zero attached hydrogens (tertiary/aromatic N) is 2. The van der Waals surface area contributed by atoms with E-state index in [0.29, 0.717) is 0 Å². The fraction of sp³-hybridized carbons (Fsp3) is 0.333. The normalized spacial score (nSPS) is 10.0. The molecule has 0 aliphatic rings. The van der Waals surface area contributed by atoms with Gasteiger partial charge in [0, 0.05) is 26.8 Å². The molecule has 0 aliphatic heterocycles. The summed E-state index contributed by atoms with van der Waals surface area (Å²) in [5.41, 5.74) is 1.14. The summed E-state index contributed by atoms with van der Waals surface area (Å²) < 4.78 is 1.96. The van der Waals surface area contributed by atoms with Gasteiger partial charge in [0.25, 0.3) is 0 Å². The van der Waals surface area contributed by atoms with Gasteiger partial charge in [-0.3, -0.25) is 0 Å². The molecule has 0 aromatic carbocycles. The van der Waals surface area contributed by atoms with Gasteiger partial charge in [0.2, 0.25) is 0 Å². The zero-order chi connectivity index (χ0) is 6.69. The Morgan fingerprint density at radius 1 is 1.89 bits per heavy atom. The Morgan fingerprint density at radius 3 is 3.11 bits per heavy atom. The predicted octanol–water partition coefficient (Wildman–Crippen LogP) is 0.301. The van der Waals surface area contributed by atoms with Crippen LogP contribution in [0.5, 0.6) is 0 Å². The van der Waals surface area contributed by atoms with Gasteiger partial charge in [-0.1, -0.05) is 0 Å². The van der Waals surface area contributed by atoms with E-state index in [1.165, 1.54) is 0 Å². The molecule has 1 aromatic heterocycles. The van der Waals surface area contributed by atoms with E-state index < -0.39 is 0 Å². The summed E-state index contributed by atoms with van der Waals surface area (Å²) in [6.07, 6.45) is 3.59. The number of hydrogen-bond acceptors (Lipinski definition) is 2. The van der Waals surface area contributed by atoms with Gasteiger partial charge in [-0.25, -0.2) is 4.98 Å². The molecular formula is C6H10N3. The first kappa shape index (κ1) is 6.29. The maximum Gasteiger partial charge on any atom is 0.0945 e. The van der Waals surface area contributed by atoms with Crippen molar-refractivity contribution in [1.29, 1.82) is 0 Å². The van der Waals surface area contributed by atoms with Gasteiger partial charge < -0.3 is 9.88 Å². The Kier molecular flexibility index (Phi) is 1.85. The molecule has 1 radical (unpaired) electrons. The molecule has 0 saturated heterocycles. The number of rotatable bonds is 2. The highest BCUT2D eigenvalue weighted by Gasteiger charge is 1.92. The number of aryl methyl sites for hydroxylation is 1. The molecule has 9 heavy (non-hydrogen) atoms. The smallest absolute Gasteiger partial charge is 0.0945 e. The lowest BCUT2D eigenvalue weighted by Crippen LogP contribution is -2.05. The molecule has 0 amide bonds. The monoisotopic (exact) mass is 124 g/mol. The van der Waals surface area contributed by atoms with Crippen molar-refractivity contribution in [3.63, 3.8) is 0 Å². The summed E-state index contributed by atoms with van der Waals surface area (Å²) in [6, 6.07) is 0. The minimum Gasteiger partial charge on any atom is -0.337 e. The maximum absolute atomic E-state index is 3.94. The first-order chi connectivity index (χ1) is 4.34. The first-order valence-corrected chi connectivity index (χ1v) is 2.79. The summed E-state index contributed by atoms with van der Waals surface area (Å²) in [5, 5.41) is 2.80. The fourth-order valence-corrected chi connectivity index (χ4v) is 0.683. The minimum atomic E-state index is 0.774. The Labute approximate surface area is 54.7 Å². The van der Waals surface area contributed by atoms with Crippen molar-refractivity contribution in [3.8, 4) is 0 Å². The molecule has 3 heteroatoms. The van der Waals surface area contributed by atoms with E-state index in [9.17, 15) is 0 Å². The Morgan fingerprint density at radius 2 is 2.67 bits per heavy atom. The third-order valence-electron chi connectivity index (χ3n) is 1.22. The van der Waals surface area contributed by atoms with Crippen LogP contribution >= 0.6 is 0 Å². The van der Waals surface area contributed by atoms with Gasteiger partial charge >= 0.3 is 0 Å². The van der Waals surface area contributed by atoms with Crippen molar-refractivity contribution in [2.45, 2.75) is 6.54 Å². The lowest BCUT2D eigenvalue weighted by Gasteiger charge is -1.97. The summed E-state index contributed by atoms with van der Waals surface area (Å²) >= 11 is 0. The van der Waals surface area contributed by atoms with Gasteiger partial charge in [0.05, 0.1) is 12.0 Å². The van der Waals surface area contributed by atoms with Crippen LogP contribution in [0.3, 0.4) is 0 Å². The van der Waals surface area contributed by atoms with E-state index in [-0.39, 0.29) is 0 Å². The SMILES string of the molecule is [CH2]NCc1cncn1C. The molecule has 1 heterocycles. The summed E-state index contributed by atoms with van der Waals surface area (Å²) in [5.74, 6) is 0. The van der Waals surface area contributed by atoms with Crippen LogP contribution in [0.25, 0.3) is 0 Å². The van der Waals surface area contributed by atoms with E-state index in [1.54, 1.807) is 6.33 Å². The van der Waals surface area contributed by atoms with Crippen LogP contribution in [0.1, 0.15) is 5.69 Å². The zero-order valence-electron chi connectivity index (χ0n) is 5.46. The highest BCUT2D eigenvalue weighted by Crippen LogP contribution is 1.93. The molecule has 0 atom stereocenters. The molecule has 0 unspecified atom stereocenters. The number of aromatic nitrogens is 2. The van der Waals surface area contributed by atoms with Crippen LogP contribution in [0.15, 0.2) is 12.5 Å². The van der Waals surface area contributed by atoms with Crippen LogP contribution in [-0.4, -0.2) is 9.55 Å². The lowest BCUT2D eigenvalue weighted by molar-refractivity contribution is 0.757. The second-order valence-corrected chi connectivity index (χ2v) is 1.92. The lowest BCUT2D eigenvalue weighted by atomic mass is 10.5. The second-order valence-electron chi connectivity index (χ2n) is 1.92. The van der Waals surface area contributed by atoms with Crippen LogP contribution in [0.4, 0.5) is 0 Å². The molecular weight excluding hydrogens is 114 g/mol. The molecule has 1 rings (SSSR count). The van der Waals surface area contributed by atoms with Crippen molar-refractivity contribution in [2.75, 3.05) is 0 Å². The summed E-state index contributed by atoms with van der Waals surface area (Å²) in [4.78, 5) is 3.94. The van der Waals surface area contributed by atoms with E-state index in [2.05, 4.69) is 17.3 Å². The maximum atomic E-state index is 3.94. The molecule has 3 nitrogen and oxygen atoms in total. The molecule has 49 valence electrons. The number of nitrogens with one attached hydrogen (secondary N) is 1. The topological polar surface area (TPSA) is 29.9 Å². The third kappa shape index (κ3) is 1.29. The highest BCUT2D eigenvalue weighted by molar-refractivity contribution is 4.96. The molecule has 0 aliphatic carbocycles. The molecule has 0 spiro atoms. The van der Waals surface area contributed by atoms with E-state index in [1.807, 2.05) is 17.8 Å². The zero-order valence-corrected chi connectivity index (χ0v) is 5.46. The van der Waals surface area contributed by atoms with Gasteiger partial charge in [-0.05, 0) is 0 Å². The van der Waals surface area contributed by atoms with Crippen LogP contribution in [0.2, 0.25) is 0 Å². The average molecular weight is 124 g/mol. The standard InChI is InChI=1S/C6H10N3/c1-7-3-6-4-8-5-9(6)2/h4-5,7H,1,3H2,2H3. The Balaban J connectivity index is 2.69. The summed E-state index contributed by atoms with van der Waals surface area (Å²) in [7, 11) is 5.47. The van der Waals surface area contributed by atoms with Crippen molar-refractivity contribution < 1.29 is 0 Å². The van der Waals surface area contributed by atoms with Gasteiger partial charge in [-0.15, -0.1) is 0 Å². The minimum absolute atomic E-state index is 0.774. The quantitative estimate of drug-likeness (QED) is 0.614. The van der Waals surface area contributed by atoms with Crippen LogP contribution in [-0.2, 0) is 13.6 Å². The van der Waals surface area contributed by atoms with Crippen molar-refractivity contribution in [2.24, 2.45) is 7.05 Å². The largest absolute Gasteiger partial charge is 0.337 e. The van der Waals surface area contributed by atoms with Crippen molar-refractivity contribution in [1.82, 2.24) is 14.9 Å². The molecule has 0 saturated carbocycles. The van der Waals surface area contributed by atoms with Gasteiger partial charge in [0.1, 0.15) is 0 Å². The highest BCUT2D eigenvalue weighted by atomic mass is 15.0. The number of imidazole rings is 1. The molecule has 0 fully saturated rings. The van der Waals surface area contributed by atoms with Crippen molar-refractivity contribution >= 4 is 0 Å². The van der Waals surface area contributed by atoms with Crippen LogP contribution < -0.4 is 5.32 Å². The van der Waals surface area contributed by atoms with Gasteiger partial charge in [-0.2, -0.15) is 0 Å². The van der Waals surface area contributed by atoms with Crippen LogP contribution in [0, 0.1) is 7.05 Å². The fourth-order valence-electron chi connectivity index (χ4n) is 0.683. The molecule has 0 bridgehead atoms. The molecule has 1 N–H and O–H groups in total. The van der Waals surface area contributed by atoms with Gasteiger partial charge in [0.15, 0.2) is 0 Å².